The second kappa shape index (κ2) is 8.90. The van der Waals surface area contributed by atoms with E-state index in [0.29, 0.717) is 18.7 Å². The number of hydrogen-bond acceptors (Lipinski definition) is 3. The number of carbonyl (C=O) groups is 1. The first kappa shape index (κ1) is 18.5. The number of carboxylic acids is 1. The fraction of sp³-hybridized carbons (Fsp3) is 0.174. The minimum atomic E-state index is -1.13. The lowest BCUT2D eigenvalue weighted by Gasteiger charge is -2.16. The molecule has 0 saturated carbocycles. The van der Waals surface area contributed by atoms with Crippen LogP contribution in [-0.4, -0.2) is 22.7 Å². The van der Waals surface area contributed by atoms with Gasteiger partial charge in [-0.05, 0) is 42.0 Å². The quantitative estimate of drug-likeness (QED) is 0.401. The van der Waals surface area contributed by atoms with Crippen molar-refractivity contribution in [3.05, 3.63) is 95.1 Å². The average molecular weight is 361 g/mol. The predicted molar refractivity (Wildman–Crippen MR) is 108 cm³/mol. The van der Waals surface area contributed by atoms with Crippen molar-refractivity contribution in [1.29, 1.82) is 0 Å². The number of aromatic hydroxyl groups is 1. The molecule has 3 N–H and O–H groups in total. The molecular formula is C23H23NO3. The zero-order valence-electron chi connectivity index (χ0n) is 15.1. The monoisotopic (exact) mass is 361 g/mol. The van der Waals surface area contributed by atoms with E-state index < -0.39 is 5.97 Å². The Bertz CT molecular complexity index is 892. The summed E-state index contributed by atoms with van der Waals surface area (Å²) >= 11 is 0. The molecule has 0 fully saturated rings. The highest BCUT2D eigenvalue weighted by molar-refractivity contribution is 5.93. The number of aryl methyl sites for hydroxylation is 1. The number of carboxylic acid groups (broad SMARTS) is 1. The molecule has 3 aromatic rings. The van der Waals surface area contributed by atoms with E-state index in [-0.39, 0.29) is 11.3 Å². The van der Waals surface area contributed by atoms with Crippen LogP contribution in [0.2, 0.25) is 0 Å². The van der Waals surface area contributed by atoms with Gasteiger partial charge in [0, 0.05) is 6.54 Å². The zero-order valence-corrected chi connectivity index (χ0v) is 15.1. The molecule has 138 valence electrons. The van der Waals surface area contributed by atoms with E-state index in [1.807, 2.05) is 48.5 Å². The van der Waals surface area contributed by atoms with Gasteiger partial charge in [0.05, 0.1) is 5.69 Å². The van der Waals surface area contributed by atoms with Gasteiger partial charge in [0.15, 0.2) is 5.75 Å². The topological polar surface area (TPSA) is 69.6 Å². The standard InChI is InChI=1S/C23H23NO3/c25-22-20(23(26)27)14-13-19(16-18-10-5-2-6-11-18)21(22)24-15-7-12-17-8-3-1-4-9-17/h1-6,8-11,13-14,24-25H,7,12,15-16H2,(H,26,27). The lowest BCUT2D eigenvalue weighted by atomic mass is 10.00. The molecule has 3 rings (SSSR count). The van der Waals surface area contributed by atoms with Crippen LogP contribution in [0.15, 0.2) is 72.8 Å². The van der Waals surface area contributed by atoms with Crippen molar-refractivity contribution in [2.75, 3.05) is 11.9 Å². The Morgan fingerprint density at radius 3 is 2.11 bits per heavy atom. The van der Waals surface area contributed by atoms with Gasteiger partial charge in [0.2, 0.25) is 0 Å². The fourth-order valence-electron chi connectivity index (χ4n) is 3.12. The first-order valence-corrected chi connectivity index (χ1v) is 9.05. The van der Waals surface area contributed by atoms with Crippen LogP contribution in [0.1, 0.15) is 33.5 Å². The Hall–Kier alpha value is -3.27. The molecule has 0 saturated heterocycles. The lowest BCUT2D eigenvalue weighted by Crippen LogP contribution is -2.08. The van der Waals surface area contributed by atoms with Crippen LogP contribution in [0.25, 0.3) is 0 Å². The number of anilines is 1. The molecule has 0 heterocycles. The molecule has 0 amide bonds. The molecule has 0 bridgehead atoms. The van der Waals surface area contributed by atoms with Crippen LogP contribution >= 0.6 is 0 Å². The van der Waals surface area contributed by atoms with E-state index >= 15 is 0 Å². The number of phenols is 1. The molecule has 0 unspecified atom stereocenters. The number of aromatic carboxylic acids is 1. The van der Waals surface area contributed by atoms with Crippen molar-refractivity contribution in [3.63, 3.8) is 0 Å². The Kier molecular flexibility index (Phi) is 6.10. The van der Waals surface area contributed by atoms with Crippen molar-refractivity contribution in [1.82, 2.24) is 0 Å². The van der Waals surface area contributed by atoms with Crippen LogP contribution < -0.4 is 5.32 Å². The Morgan fingerprint density at radius 2 is 1.48 bits per heavy atom. The van der Waals surface area contributed by atoms with E-state index in [1.165, 1.54) is 11.6 Å². The first-order valence-electron chi connectivity index (χ1n) is 9.05. The Morgan fingerprint density at radius 1 is 0.852 bits per heavy atom. The van der Waals surface area contributed by atoms with Crippen LogP contribution in [-0.2, 0) is 12.8 Å². The van der Waals surface area contributed by atoms with Crippen molar-refractivity contribution in [2.24, 2.45) is 0 Å². The Labute approximate surface area is 159 Å². The molecule has 0 aliphatic heterocycles. The molecule has 0 aliphatic carbocycles. The normalized spacial score (nSPS) is 10.5. The predicted octanol–water partition coefficient (Wildman–Crippen LogP) is 4.73. The van der Waals surface area contributed by atoms with E-state index in [9.17, 15) is 15.0 Å². The third kappa shape index (κ3) is 4.88. The third-order valence-corrected chi connectivity index (χ3v) is 4.52. The summed E-state index contributed by atoms with van der Waals surface area (Å²) in [5, 5.41) is 23.0. The van der Waals surface area contributed by atoms with Crippen LogP contribution in [0.4, 0.5) is 5.69 Å². The van der Waals surface area contributed by atoms with Gasteiger partial charge in [-0.25, -0.2) is 4.79 Å². The van der Waals surface area contributed by atoms with Gasteiger partial charge >= 0.3 is 5.97 Å². The van der Waals surface area contributed by atoms with Crippen LogP contribution in [0.3, 0.4) is 0 Å². The maximum Gasteiger partial charge on any atom is 0.339 e. The van der Waals surface area contributed by atoms with Gasteiger partial charge in [-0.15, -0.1) is 0 Å². The van der Waals surface area contributed by atoms with E-state index in [1.54, 1.807) is 6.07 Å². The maximum atomic E-state index is 11.4. The summed E-state index contributed by atoms with van der Waals surface area (Å²) < 4.78 is 0. The molecule has 0 aromatic heterocycles. The largest absolute Gasteiger partial charge is 0.505 e. The minimum Gasteiger partial charge on any atom is -0.505 e. The van der Waals surface area contributed by atoms with Gasteiger partial charge in [-0.3, -0.25) is 0 Å². The summed E-state index contributed by atoms with van der Waals surface area (Å²) in [6.45, 7) is 0.646. The highest BCUT2D eigenvalue weighted by atomic mass is 16.4. The SMILES string of the molecule is O=C(O)c1ccc(Cc2ccccc2)c(NCCCc2ccccc2)c1O. The number of hydrogen-bond donors (Lipinski definition) is 3. The van der Waals surface area contributed by atoms with E-state index in [4.69, 9.17) is 0 Å². The number of benzene rings is 3. The smallest absolute Gasteiger partial charge is 0.339 e. The molecule has 4 nitrogen and oxygen atoms in total. The second-order valence-electron chi connectivity index (χ2n) is 6.48. The molecule has 3 aromatic carbocycles. The van der Waals surface area contributed by atoms with Crippen LogP contribution in [0.5, 0.6) is 5.75 Å². The van der Waals surface area contributed by atoms with Crippen molar-refractivity contribution >= 4 is 11.7 Å². The third-order valence-electron chi connectivity index (χ3n) is 4.52. The van der Waals surface area contributed by atoms with Crippen LogP contribution in [0, 0.1) is 0 Å². The Balaban J connectivity index is 1.75. The molecule has 4 heteroatoms. The highest BCUT2D eigenvalue weighted by Crippen LogP contribution is 2.33. The van der Waals surface area contributed by atoms with Gasteiger partial charge < -0.3 is 15.5 Å². The van der Waals surface area contributed by atoms with E-state index in [0.717, 1.165) is 24.0 Å². The van der Waals surface area contributed by atoms with Gasteiger partial charge in [0.25, 0.3) is 0 Å². The van der Waals surface area contributed by atoms with Crippen molar-refractivity contribution < 1.29 is 15.0 Å². The fourth-order valence-corrected chi connectivity index (χ4v) is 3.12. The van der Waals surface area contributed by atoms with Gasteiger partial charge in [-0.1, -0.05) is 66.7 Å². The molecule has 0 aliphatic rings. The summed E-state index contributed by atoms with van der Waals surface area (Å²) in [7, 11) is 0. The first-order chi connectivity index (χ1) is 13.1. The summed E-state index contributed by atoms with van der Waals surface area (Å²) in [6, 6.07) is 23.4. The van der Waals surface area contributed by atoms with Crippen molar-refractivity contribution in [3.8, 4) is 5.75 Å². The van der Waals surface area contributed by atoms with Crippen molar-refractivity contribution in [2.45, 2.75) is 19.3 Å². The summed E-state index contributed by atoms with van der Waals surface area (Å²) in [4.78, 5) is 11.4. The van der Waals surface area contributed by atoms with Gasteiger partial charge in [-0.2, -0.15) is 0 Å². The summed E-state index contributed by atoms with van der Waals surface area (Å²) in [6.07, 6.45) is 2.42. The number of nitrogens with one attached hydrogen (secondary N) is 1. The summed E-state index contributed by atoms with van der Waals surface area (Å²) in [5.74, 6) is -1.33. The number of rotatable bonds is 8. The molecule has 27 heavy (non-hydrogen) atoms. The van der Waals surface area contributed by atoms with Gasteiger partial charge in [0.1, 0.15) is 5.56 Å². The highest BCUT2D eigenvalue weighted by Gasteiger charge is 2.17. The average Bonchev–Trinajstić information content (AvgIpc) is 2.68. The second-order valence-corrected chi connectivity index (χ2v) is 6.48. The zero-order chi connectivity index (χ0) is 19.1. The molecule has 0 atom stereocenters. The maximum absolute atomic E-state index is 11.4. The molecule has 0 radical (unpaired) electrons. The minimum absolute atomic E-state index is 0.0858. The van der Waals surface area contributed by atoms with E-state index in [2.05, 4.69) is 17.4 Å². The molecular weight excluding hydrogens is 338 g/mol. The lowest BCUT2D eigenvalue weighted by molar-refractivity contribution is 0.0694. The molecule has 0 spiro atoms. The summed E-state index contributed by atoms with van der Waals surface area (Å²) in [5.41, 5.74) is 3.66.